The van der Waals surface area contributed by atoms with E-state index < -0.39 is 12.1 Å². The van der Waals surface area contributed by atoms with Crippen LogP contribution in [0.1, 0.15) is 67.4 Å². The third-order valence-electron chi connectivity index (χ3n) is 7.36. The van der Waals surface area contributed by atoms with Crippen LogP contribution in [0.3, 0.4) is 0 Å². The van der Waals surface area contributed by atoms with Gasteiger partial charge in [0.25, 0.3) is 5.91 Å². The number of rotatable bonds is 9. The largest absolute Gasteiger partial charge is 0.490 e. The minimum Gasteiger partial charge on any atom is -0.475 e. The number of nitrogens with one attached hydrogen (secondary N) is 2. The van der Waals surface area contributed by atoms with Crippen molar-refractivity contribution < 1.29 is 27.9 Å². The van der Waals surface area contributed by atoms with Crippen LogP contribution in [-0.2, 0) is 17.8 Å². The molecule has 0 unspecified atom stereocenters. The van der Waals surface area contributed by atoms with Gasteiger partial charge in [0.15, 0.2) is 0 Å². The van der Waals surface area contributed by atoms with E-state index in [1.54, 1.807) is 0 Å². The third kappa shape index (κ3) is 11.0. The highest BCUT2D eigenvalue weighted by Gasteiger charge is 2.38. The Labute approximate surface area is 240 Å². The first-order valence-electron chi connectivity index (χ1n) is 14.0. The average molecular weight is 569 g/mol. The molecule has 0 saturated heterocycles. The lowest BCUT2D eigenvalue weighted by molar-refractivity contribution is -0.192. The van der Waals surface area contributed by atoms with Crippen LogP contribution in [0.2, 0.25) is 0 Å². The summed E-state index contributed by atoms with van der Waals surface area (Å²) >= 11 is 0. The number of hydrogen-bond acceptors (Lipinski definition) is 3. The summed E-state index contributed by atoms with van der Waals surface area (Å²) in [5.74, 6) is -2.76. The van der Waals surface area contributed by atoms with Crippen molar-refractivity contribution in [1.29, 1.82) is 0 Å². The fraction of sp³-hybridized carbons (Fsp3) is 0.394. The van der Waals surface area contributed by atoms with Crippen molar-refractivity contribution in [3.05, 3.63) is 95.6 Å². The number of hydrogen-bond donors (Lipinski definition) is 3. The number of carboxylic acids is 1. The van der Waals surface area contributed by atoms with Crippen LogP contribution in [0, 0.1) is 5.41 Å². The Morgan fingerprint density at radius 2 is 1.51 bits per heavy atom. The van der Waals surface area contributed by atoms with E-state index in [4.69, 9.17) is 9.90 Å². The maximum atomic E-state index is 12.6. The van der Waals surface area contributed by atoms with Crippen LogP contribution in [0.25, 0.3) is 11.1 Å². The van der Waals surface area contributed by atoms with Gasteiger partial charge >= 0.3 is 12.1 Å². The zero-order valence-corrected chi connectivity index (χ0v) is 23.6. The van der Waals surface area contributed by atoms with Gasteiger partial charge < -0.3 is 15.7 Å². The second-order valence-corrected chi connectivity index (χ2v) is 11.2. The fourth-order valence-corrected chi connectivity index (χ4v) is 4.76. The first-order valence-corrected chi connectivity index (χ1v) is 14.0. The standard InChI is InChI=1S/C31H38N2O.C2HF3O2/c1-31(2)19-17-29(18-20-31)33-23-25-13-15-26(16-14-25)27-11-6-12-28(22-27)30(34)32-21-7-10-24-8-4-3-5-9-24;3-2(4,5)1(6)7/h3-6,8-9,11-16,22,29,33H,7,10,17-21,23H2,1-2H3,(H,32,34);(H,6,7). The molecule has 1 aliphatic carbocycles. The summed E-state index contributed by atoms with van der Waals surface area (Å²) in [5.41, 5.74) is 6.05. The summed E-state index contributed by atoms with van der Waals surface area (Å²) in [6, 6.07) is 27.7. The van der Waals surface area contributed by atoms with E-state index >= 15 is 0 Å². The van der Waals surface area contributed by atoms with Gasteiger partial charge in [-0.1, -0.05) is 80.6 Å². The van der Waals surface area contributed by atoms with Gasteiger partial charge in [-0.25, -0.2) is 4.79 Å². The maximum Gasteiger partial charge on any atom is 0.490 e. The maximum absolute atomic E-state index is 12.6. The molecule has 4 rings (SSSR count). The summed E-state index contributed by atoms with van der Waals surface area (Å²) in [5, 5.41) is 13.9. The molecule has 0 aromatic heterocycles. The normalized spacial score (nSPS) is 15.0. The Hall–Kier alpha value is -3.65. The molecule has 0 heterocycles. The molecule has 1 saturated carbocycles. The van der Waals surface area contributed by atoms with Crippen LogP contribution in [0.4, 0.5) is 13.2 Å². The van der Waals surface area contributed by atoms with E-state index in [0.29, 0.717) is 23.6 Å². The highest BCUT2D eigenvalue weighted by atomic mass is 19.4. The van der Waals surface area contributed by atoms with Crippen LogP contribution < -0.4 is 10.6 Å². The molecule has 1 fully saturated rings. The summed E-state index contributed by atoms with van der Waals surface area (Å²) in [6.45, 7) is 6.36. The topological polar surface area (TPSA) is 78.4 Å². The Bertz CT molecular complexity index is 1250. The van der Waals surface area contributed by atoms with Gasteiger partial charge in [0.1, 0.15) is 0 Å². The second kappa shape index (κ2) is 14.8. The molecule has 8 heteroatoms. The van der Waals surface area contributed by atoms with Gasteiger partial charge in [-0.05, 0) is 78.3 Å². The lowest BCUT2D eigenvalue weighted by Crippen LogP contribution is -2.35. The first-order chi connectivity index (χ1) is 19.4. The van der Waals surface area contributed by atoms with Crippen LogP contribution in [0.5, 0.6) is 0 Å². The zero-order chi connectivity index (χ0) is 29.9. The molecular formula is C33H39F3N2O3. The summed E-state index contributed by atoms with van der Waals surface area (Å²) < 4.78 is 31.7. The predicted molar refractivity (Wildman–Crippen MR) is 156 cm³/mol. The molecule has 1 aliphatic rings. The number of carbonyl (C=O) groups is 2. The van der Waals surface area contributed by atoms with E-state index in [1.807, 2.05) is 24.3 Å². The molecule has 3 N–H and O–H groups in total. The van der Waals surface area contributed by atoms with Crippen molar-refractivity contribution in [2.75, 3.05) is 6.54 Å². The van der Waals surface area contributed by atoms with Crippen molar-refractivity contribution in [3.63, 3.8) is 0 Å². The molecule has 1 amide bonds. The smallest absolute Gasteiger partial charge is 0.475 e. The van der Waals surface area contributed by atoms with Gasteiger partial charge in [-0.15, -0.1) is 0 Å². The second-order valence-electron chi connectivity index (χ2n) is 11.2. The van der Waals surface area contributed by atoms with Crippen molar-refractivity contribution in [1.82, 2.24) is 10.6 Å². The number of halogens is 3. The summed E-state index contributed by atoms with van der Waals surface area (Å²) in [7, 11) is 0. The molecule has 0 atom stereocenters. The molecule has 5 nitrogen and oxygen atoms in total. The number of benzene rings is 3. The zero-order valence-electron chi connectivity index (χ0n) is 23.6. The van der Waals surface area contributed by atoms with E-state index in [9.17, 15) is 18.0 Å². The Morgan fingerprint density at radius 1 is 0.878 bits per heavy atom. The minimum absolute atomic E-state index is 0.00797. The van der Waals surface area contributed by atoms with Gasteiger partial charge in [0.05, 0.1) is 0 Å². The van der Waals surface area contributed by atoms with Gasteiger partial charge in [0.2, 0.25) is 0 Å². The van der Waals surface area contributed by atoms with Crippen LogP contribution >= 0.6 is 0 Å². The van der Waals surface area contributed by atoms with E-state index in [1.165, 1.54) is 36.8 Å². The Balaban J connectivity index is 0.000000587. The molecule has 3 aromatic rings. The number of amides is 1. The molecule has 41 heavy (non-hydrogen) atoms. The van der Waals surface area contributed by atoms with Crippen molar-refractivity contribution in [3.8, 4) is 11.1 Å². The third-order valence-corrected chi connectivity index (χ3v) is 7.36. The quantitative estimate of drug-likeness (QED) is 0.235. The lowest BCUT2D eigenvalue weighted by Gasteiger charge is -2.34. The molecule has 0 spiro atoms. The average Bonchev–Trinajstić information content (AvgIpc) is 2.95. The number of alkyl halides is 3. The van der Waals surface area contributed by atoms with Gasteiger partial charge in [-0.2, -0.15) is 13.2 Å². The monoisotopic (exact) mass is 568 g/mol. The lowest BCUT2D eigenvalue weighted by atomic mass is 9.75. The van der Waals surface area contributed by atoms with Crippen molar-refractivity contribution in [2.24, 2.45) is 5.41 Å². The van der Waals surface area contributed by atoms with E-state index in [-0.39, 0.29) is 5.91 Å². The number of carbonyl (C=O) groups excluding carboxylic acids is 1. The molecule has 0 aliphatic heterocycles. The van der Waals surface area contributed by atoms with Gasteiger partial charge in [0, 0.05) is 24.7 Å². The summed E-state index contributed by atoms with van der Waals surface area (Å²) in [6.07, 6.45) is 1.98. The first kappa shape index (κ1) is 31.9. The molecule has 3 aromatic carbocycles. The van der Waals surface area contributed by atoms with Crippen LogP contribution in [-0.4, -0.2) is 35.7 Å². The highest BCUT2D eigenvalue weighted by Crippen LogP contribution is 2.35. The Morgan fingerprint density at radius 3 is 2.12 bits per heavy atom. The van der Waals surface area contributed by atoms with Crippen LogP contribution in [0.15, 0.2) is 78.9 Å². The van der Waals surface area contributed by atoms with E-state index in [2.05, 4.69) is 79.1 Å². The highest BCUT2D eigenvalue weighted by molar-refractivity contribution is 5.95. The molecule has 220 valence electrons. The number of aliphatic carboxylic acids is 1. The Kier molecular flexibility index (Phi) is 11.5. The SMILES string of the molecule is CC1(C)CCC(NCc2ccc(-c3cccc(C(=O)NCCCc4ccccc4)c3)cc2)CC1.O=C(O)C(F)(F)F. The van der Waals surface area contributed by atoms with Crippen molar-refractivity contribution in [2.45, 2.75) is 71.1 Å². The minimum atomic E-state index is -5.08. The number of aryl methyl sites for hydroxylation is 1. The van der Waals surface area contributed by atoms with Crippen molar-refractivity contribution >= 4 is 11.9 Å². The summed E-state index contributed by atoms with van der Waals surface area (Å²) in [4.78, 5) is 21.5. The molecule has 0 radical (unpaired) electrons. The number of carboxylic acid groups (broad SMARTS) is 1. The molecular weight excluding hydrogens is 529 g/mol. The van der Waals surface area contributed by atoms with E-state index in [0.717, 1.165) is 30.5 Å². The fourth-order valence-electron chi connectivity index (χ4n) is 4.76. The van der Waals surface area contributed by atoms with Gasteiger partial charge in [-0.3, -0.25) is 4.79 Å². The predicted octanol–water partition coefficient (Wildman–Crippen LogP) is 7.41. The molecule has 0 bridgehead atoms.